The van der Waals surface area contributed by atoms with E-state index in [1.807, 2.05) is 0 Å². The van der Waals surface area contributed by atoms with Gasteiger partial charge in [-0.3, -0.25) is 9.48 Å². The monoisotopic (exact) mass is 347 g/mol. The molecule has 0 unspecified atom stereocenters. The van der Waals surface area contributed by atoms with Gasteiger partial charge in [-0.1, -0.05) is 0 Å². The zero-order valence-electron chi connectivity index (χ0n) is 10.2. The van der Waals surface area contributed by atoms with Crippen LogP contribution >= 0.6 is 15.9 Å². The minimum Gasteiger partial charge on any atom is -0.321 e. The highest BCUT2D eigenvalue weighted by molar-refractivity contribution is 9.10. The molecule has 0 atom stereocenters. The Labute approximate surface area is 120 Å². The lowest BCUT2D eigenvalue weighted by molar-refractivity contribution is 0.101. The Bertz CT molecular complexity index is 657. The van der Waals surface area contributed by atoms with Crippen molar-refractivity contribution in [2.24, 2.45) is 7.05 Å². The van der Waals surface area contributed by atoms with Gasteiger partial charge in [0.05, 0.1) is 11.3 Å². The second-order valence-electron chi connectivity index (χ2n) is 3.98. The lowest BCUT2D eigenvalue weighted by atomic mass is 10.2. The molecule has 2 aromatic rings. The second-order valence-corrected chi connectivity index (χ2v) is 4.84. The molecule has 0 radical (unpaired) electrons. The zero-order valence-corrected chi connectivity index (χ0v) is 11.8. The number of anilines is 1. The lowest BCUT2D eigenvalue weighted by Gasteiger charge is -2.07. The van der Waals surface area contributed by atoms with Crippen molar-refractivity contribution >= 4 is 27.5 Å². The molecule has 4 nitrogen and oxygen atoms in total. The fourth-order valence-electron chi connectivity index (χ4n) is 1.62. The molecule has 0 bridgehead atoms. The van der Waals surface area contributed by atoms with Crippen LogP contribution < -0.4 is 5.32 Å². The molecule has 1 amide bonds. The Kier molecular flexibility index (Phi) is 4.12. The Morgan fingerprint density at radius 3 is 2.75 bits per heavy atom. The van der Waals surface area contributed by atoms with Crippen molar-refractivity contribution < 1.29 is 18.0 Å². The third kappa shape index (κ3) is 3.01. The predicted molar refractivity (Wildman–Crippen MR) is 70.2 cm³/mol. The maximum atomic E-state index is 12.9. The highest BCUT2D eigenvalue weighted by Gasteiger charge is 2.23. The molecule has 106 valence electrons. The molecular formula is C12H9BrF3N3O. The second kappa shape index (κ2) is 5.66. The average molecular weight is 348 g/mol. The fraction of sp³-hybridized carbons (Fsp3) is 0.167. The number of rotatable bonds is 3. The van der Waals surface area contributed by atoms with E-state index in [0.29, 0.717) is 4.47 Å². The maximum Gasteiger partial charge on any atom is 0.282 e. The summed E-state index contributed by atoms with van der Waals surface area (Å²) < 4.78 is 39.9. The van der Waals surface area contributed by atoms with E-state index in [2.05, 4.69) is 26.3 Å². The van der Waals surface area contributed by atoms with Gasteiger partial charge in [0.25, 0.3) is 12.3 Å². The number of benzene rings is 1. The van der Waals surface area contributed by atoms with Crippen molar-refractivity contribution in [3.05, 3.63) is 45.9 Å². The first-order chi connectivity index (χ1) is 9.38. The molecule has 0 aliphatic rings. The predicted octanol–water partition coefficient (Wildman–Crippen LogP) is 3.51. The van der Waals surface area contributed by atoms with E-state index in [9.17, 15) is 18.0 Å². The molecule has 0 fully saturated rings. The third-order valence-corrected chi connectivity index (χ3v) is 3.14. The van der Waals surface area contributed by atoms with E-state index < -0.39 is 23.8 Å². The minimum atomic E-state index is -2.85. The van der Waals surface area contributed by atoms with Crippen molar-refractivity contribution in [2.75, 3.05) is 5.32 Å². The van der Waals surface area contributed by atoms with Crippen LogP contribution in [-0.2, 0) is 7.05 Å². The van der Waals surface area contributed by atoms with Crippen molar-refractivity contribution in [1.82, 2.24) is 9.78 Å². The average Bonchev–Trinajstić information content (AvgIpc) is 2.75. The quantitative estimate of drug-likeness (QED) is 0.923. The molecule has 0 spiro atoms. The highest BCUT2D eigenvalue weighted by Crippen LogP contribution is 2.25. The molecule has 1 aromatic heterocycles. The van der Waals surface area contributed by atoms with Gasteiger partial charge in [0.2, 0.25) is 0 Å². The Balaban J connectivity index is 2.28. The molecule has 0 saturated carbocycles. The number of carbonyl (C=O) groups is 1. The van der Waals surface area contributed by atoms with Gasteiger partial charge in [0, 0.05) is 17.7 Å². The van der Waals surface area contributed by atoms with Crippen LogP contribution in [0.2, 0.25) is 0 Å². The summed E-state index contributed by atoms with van der Waals surface area (Å²) in [5, 5.41) is 5.97. The van der Waals surface area contributed by atoms with Gasteiger partial charge in [-0.15, -0.1) is 0 Å². The number of alkyl halides is 2. The first kappa shape index (κ1) is 14.6. The molecule has 0 aliphatic heterocycles. The summed E-state index contributed by atoms with van der Waals surface area (Å²) in [6.07, 6.45) is -1.65. The van der Waals surface area contributed by atoms with Crippen LogP contribution in [0.1, 0.15) is 22.5 Å². The number of halogens is 4. The van der Waals surface area contributed by atoms with Crippen LogP contribution in [0.5, 0.6) is 0 Å². The summed E-state index contributed by atoms with van der Waals surface area (Å²) in [5.74, 6) is -1.22. The number of aryl methyl sites for hydroxylation is 1. The topological polar surface area (TPSA) is 46.9 Å². The summed E-state index contributed by atoms with van der Waals surface area (Å²) in [6, 6.07) is 3.64. The Hall–Kier alpha value is -1.83. The van der Waals surface area contributed by atoms with E-state index in [1.165, 1.54) is 19.3 Å². The van der Waals surface area contributed by atoms with E-state index in [4.69, 9.17) is 0 Å². The minimum absolute atomic E-state index is 0.223. The summed E-state index contributed by atoms with van der Waals surface area (Å²) in [5.41, 5.74) is -0.539. The van der Waals surface area contributed by atoms with Crippen molar-refractivity contribution in [2.45, 2.75) is 6.43 Å². The first-order valence-electron chi connectivity index (χ1n) is 5.46. The normalized spacial score (nSPS) is 10.9. The van der Waals surface area contributed by atoms with E-state index in [0.717, 1.165) is 16.8 Å². The van der Waals surface area contributed by atoms with Crippen molar-refractivity contribution in [3.63, 3.8) is 0 Å². The molecule has 8 heteroatoms. The number of aromatic nitrogens is 2. The van der Waals surface area contributed by atoms with Gasteiger partial charge in [-0.2, -0.15) is 5.10 Å². The summed E-state index contributed by atoms with van der Waals surface area (Å²) in [7, 11) is 1.44. The van der Waals surface area contributed by atoms with E-state index in [1.54, 1.807) is 0 Å². The van der Waals surface area contributed by atoms with Gasteiger partial charge in [-0.25, -0.2) is 13.2 Å². The third-order valence-electron chi connectivity index (χ3n) is 2.49. The van der Waals surface area contributed by atoms with Gasteiger partial charge in [-0.05, 0) is 34.1 Å². The van der Waals surface area contributed by atoms with Gasteiger partial charge in [0.1, 0.15) is 11.5 Å². The lowest BCUT2D eigenvalue weighted by Crippen LogP contribution is -2.14. The SMILES string of the molecule is Cn1cc(C(=O)Nc2ccc(F)cc2Br)c(C(F)F)n1. The number of hydrogen-bond donors (Lipinski definition) is 1. The van der Waals surface area contributed by atoms with Crippen LogP contribution in [0.25, 0.3) is 0 Å². The smallest absolute Gasteiger partial charge is 0.282 e. The summed E-state index contributed by atoms with van der Waals surface area (Å²) in [6.45, 7) is 0. The number of amides is 1. The largest absolute Gasteiger partial charge is 0.321 e. The maximum absolute atomic E-state index is 12.9. The number of nitrogens with zero attached hydrogens (tertiary/aromatic N) is 2. The molecule has 0 saturated heterocycles. The molecular weight excluding hydrogens is 339 g/mol. The molecule has 0 aliphatic carbocycles. The Morgan fingerprint density at radius 2 is 2.15 bits per heavy atom. The molecule has 20 heavy (non-hydrogen) atoms. The number of hydrogen-bond acceptors (Lipinski definition) is 2. The Morgan fingerprint density at radius 1 is 1.45 bits per heavy atom. The number of carbonyl (C=O) groups excluding carboxylic acids is 1. The molecule has 1 heterocycles. The van der Waals surface area contributed by atoms with E-state index >= 15 is 0 Å². The van der Waals surface area contributed by atoms with Crippen molar-refractivity contribution in [1.29, 1.82) is 0 Å². The first-order valence-corrected chi connectivity index (χ1v) is 6.26. The van der Waals surface area contributed by atoms with Crippen molar-refractivity contribution in [3.8, 4) is 0 Å². The van der Waals surface area contributed by atoms with Crippen LogP contribution in [0.3, 0.4) is 0 Å². The van der Waals surface area contributed by atoms with E-state index in [-0.39, 0.29) is 11.3 Å². The summed E-state index contributed by atoms with van der Waals surface area (Å²) in [4.78, 5) is 12.0. The van der Waals surface area contributed by atoms with Gasteiger partial charge in [0.15, 0.2) is 0 Å². The van der Waals surface area contributed by atoms with Crippen LogP contribution in [-0.4, -0.2) is 15.7 Å². The standard InChI is InChI=1S/C12H9BrF3N3O/c1-19-5-7(10(18-19)11(15)16)12(20)17-9-3-2-6(14)4-8(9)13/h2-5,11H,1H3,(H,17,20). The molecule has 1 aromatic carbocycles. The van der Waals surface area contributed by atoms with Crippen LogP contribution in [0, 0.1) is 5.82 Å². The van der Waals surface area contributed by atoms with Crippen LogP contribution in [0.15, 0.2) is 28.9 Å². The molecule has 2 rings (SSSR count). The van der Waals surface area contributed by atoms with Crippen LogP contribution in [0.4, 0.5) is 18.9 Å². The van der Waals surface area contributed by atoms with Gasteiger partial charge >= 0.3 is 0 Å². The highest BCUT2D eigenvalue weighted by atomic mass is 79.9. The number of nitrogens with one attached hydrogen (secondary N) is 1. The zero-order chi connectivity index (χ0) is 14.9. The summed E-state index contributed by atoms with van der Waals surface area (Å²) >= 11 is 3.08. The molecule has 1 N–H and O–H groups in total. The van der Waals surface area contributed by atoms with Gasteiger partial charge < -0.3 is 5.32 Å². The fourth-order valence-corrected chi connectivity index (χ4v) is 2.07.